The Labute approximate surface area is 121 Å². The Balaban J connectivity index is 2.41. The van der Waals surface area contributed by atoms with E-state index in [1.165, 1.54) is 18.9 Å². The van der Waals surface area contributed by atoms with Crippen LogP contribution in [0.3, 0.4) is 0 Å². The third kappa shape index (κ3) is 2.82. The maximum atomic E-state index is 11.1. The lowest BCUT2D eigenvalue weighted by Crippen LogP contribution is -2.28. The zero-order chi connectivity index (χ0) is 14.9. The maximum absolute atomic E-state index is 11.1. The van der Waals surface area contributed by atoms with Gasteiger partial charge in [0, 0.05) is 11.3 Å². The first-order chi connectivity index (χ1) is 9.41. The van der Waals surface area contributed by atoms with Gasteiger partial charge in [0.25, 0.3) is 0 Å². The van der Waals surface area contributed by atoms with Crippen LogP contribution in [0.25, 0.3) is 0 Å². The zero-order valence-electron chi connectivity index (χ0n) is 12.6. The smallest absolute Gasteiger partial charge is 0.0736 e. The van der Waals surface area contributed by atoms with E-state index in [1.54, 1.807) is 6.07 Å². The molecule has 1 aliphatic rings. The van der Waals surface area contributed by atoms with Crippen molar-refractivity contribution in [3.63, 3.8) is 0 Å². The molecular weight excluding hydrogens is 250 g/mol. The Morgan fingerprint density at radius 1 is 1.35 bits per heavy atom. The summed E-state index contributed by atoms with van der Waals surface area (Å²) in [5.74, 6) is 0.998. The van der Waals surface area contributed by atoms with Crippen molar-refractivity contribution in [2.24, 2.45) is 17.8 Å². The van der Waals surface area contributed by atoms with Crippen LogP contribution >= 0.6 is 0 Å². The summed E-state index contributed by atoms with van der Waals surface area (Å²) in [7, 11) is 0. The summed E-state index contributed by atoms with van der Waals surface area (Å²) in [6.07, 6.45) is 3.53. The van der Waals surface area contributed by atoms with E-state index in [1.807, 2.05) is 6.07 Å². The van der Waals surface area contributed by atoms with Gasteiger partial charge in [-0.15, -0.1) is 0 Å². The molecule has 1 aliphatic carbocycles. The average Bonchev–Trinajstić information content (AvgIpc) is 2.38. The van der Waals surface area contributed by atoms with E-state index in [4.69, 9.17) is 5.73 Å². The van der Waals surface area contributed by atoms with Gasteiger partial charge in [-0.2, -0.15) is 0 Å². The summed E-state index contributed by atoms with van der Waals surface area (Å²) in [6, 6.07) is 5.30. The molecule has 1 aromatic carbocycles. The molecule has 3 atom stereocenters. The molecule has 0 bridgehead atoms. The van der Waals surface area contributed by atoms with E-state index in [9.17, 15) is 9.90 Å². The summed E-state index contributed by atoms with van der Waals surface area (Å²) >= 11 is 0. The minimum Gasteiger partial charge on any atom is -0.545 e. The van der Waals surface area contributed by atoms with Gasteiger partial charge in [-0.25, -0.2) is 0 Å². The van der Waals surface area contributed by atoms with Gasteiger partial charge >= 0.3 is 0 Å². The molecule has 3 unspecified atom stereocenters. The first-order valence-electron chi connectivity index (χ1n) is 7.51. The van der Waals surface area contributed by atoms with Gasteiger partial charge < -0.3 is 15.6 Å². The van der Waals surface area contributed by atoms with Crippen molar-refractivity contribution >= 4 is 11.7 Å². The van der Waals surface area contributed by atoms with Gasteiger partial charge in [0.2, 0.25) is 0 Å². The molecule has 0 aliphatic heterocycles. The number of hydrogen-bond donors (Lipinski definition) is 1. The van der Waals surface area contributed by atoms with Crippen LogP contribution < -0.4 is 10.8 Å². The molecule has 1 saturated carbocycles. The summed E-state index contributed by atoms with van der Waals surface area (Å²) in [6.45, 7) is 6.75. The lowest BCUT2D eigenvalue weighted by molar-refractivity contribution is -0.254. The summed E-state index contributed by atoms with van der Waals surface area (Å²) in [5, 5.41) is 11.1. The molecule has 3 heteroatoms. The molecule has 0 radical (unpaired) electrons. The number of carbonyl (C=O) groups excluding carboxylic acids is 1. The molecule has 2 N–H and O–H groups in total. The quantitative estimate of drug-likeness (QED) is 0.862. The number of carbonyl (C=O) groups is 1. The van der Waals surface area contributed by atoms with Crippen LogP contribution in [0.2, 0.25) is 0 Å². The van der Waals surface area contributed by atoms with E-state index < -0.39 is 5.97 Å². The molecule has 20 heavy (non-hydrogen) atoms. The Kier molecular flexibility index (Phi) is 4.36. The van der Waals surface area contributed by atoms with Crippen molar-refractivity contribution in [2.75, 3.05) is 5.73 Å². The highest BCUT2D eigenvalue weighted by Crippen LogP contribution is 2.45. The van der Waals surface area contributed by atoms with Crippen LogP contribution in [-0.4, -0.2) is 5.97 Å². The maximum Gasteiger partial charge on any atom is 0.0736 e. The van der Waals surface area contributed by atoms with Crippen molar-refractivity contribution in [1.82, 2.24) is 0 Å². The van der Waals surface area contributed by atoms with Crippen molar-refractivity contribution in [2.45, 2.75) is 46.0 Å². The molecule has 1 fully saturated rings. The molecule has 3 nitrogen and oxygen atoms in total. The molecule has 0 heterocycles. The van der Waals surface area contributed by atoms with Gasteiger partial charge in [0.15, 0.2) is 0 Å². The van der Waals surface area contributed by atoms with Crippen molar-refractivity contribution in [1.29, 1.82) is 0 Å². The molecule has 0 amide bonds. The van der Waals surface area contributed by atoms with E-state index in [-0.39, 0.29) is 5.56 Å². The predicted molar refractivity (Wildman–Crippen MR) is 79.3 cm³/mol. The van der Waals surface area contributed by atoms with Crippen LogP contribution in [0.1, 0.15) is 61.9 Å². The highest BCUT2D eigenvalue weighted by atomic mass is 16.4. The monoisotopic (exact) mass is 274 g/mol. The first-order valence-corrected chi connectivity index (χ1v) is 7.51. The second kappa shape index (κ2) is 5.86. The average molecular weight is 274 g/mol. The second-order valence-corrected chi connectivity index (χ2v) is 6.53. The van der Waals surface area contributed by atoms with Gasteiger partial charge in [-0.3, -0.25) is 0 Å². The van der Waals surface area contributed by atoms with Gasteiger partial charge in [0.1, 0.15) is 0 Å². The highest BCUT2D eigenvalue weighted by molar-refractivity contribution is 5.93. The van der Waals surface area contributed by atoms with Gasteiger partial charge in [0.05, 0.1) is 5.97 Å². The molecular formula is C17H24NO2-. The molecule has 1 aromatic rings. The van der Waals surface area contributed by atoms with Crippen LogP contribution in [0.15, 0.2) is 18.2 Å². The summed E-state index contributed by atoms with van der Waals surface area (Å²) in [4.78, 5) is 11.1. The number of nitrogen functional groups attached to an aromatic ring is 1. The summed E-state index contributed by atoms with van der Waals surface area (Å²) < 4.78 is 0. The number of nitrogens with two attached hydrogens (primary N) is 1. The van der Waals surface area contributed by atoms with E-state index in [0.29, 0.717) is 29.4 Å². The van der Waals surface area contributed by atoms with E-state index in [2.05, 4.69) is 20.8 Å². The lowest BCUT2D eigenvalue weighted by atomic mass is 9.67. The third-order valence-electron chi connectivity index (χ3n) is 4.78. The van der Waals surface area contributed by atoms with E-state index in [0.717, 1.165) is 12.0 Å². The molecule has 2 rings (SSSR count). The van der Waals surface area contributed by atoms with Gasteiger partial charge in [-0.05, 0) is 42.1 Å². The number of benzene rings is 1. The largest absolute Gasteiger partial charge is 0.545 e. The fourth-order valence-corrected chi connectivity index (χ4v) is 3.64. The van der Waals surface area contributed by atoms with Crippen molar-refractivity contribution < 1.29 is 9.90 Å². The number of carboxylic acids is 1. The topological polar surface area (TPSA) is 66.1 Å². The van der Waals surface area contributed by atoms with Crippen LogP contribution in [-0.2, 0) is 0 Å². The highest BCUT2D eigenvalue weighted by Gasteiger charge is 2.33. The molecule has 110 valence electrons. The second-order valence-electron chi connectivity index (χ2n) is 6.53. The Bertz CT molecular complexity index is 496. The zero-order valence-corrected chi connectivity index (χ0v) is 12.6. The van der Waals surface area contributed by atoms with Gasteiger partial charge in [-0.1, -0.05) is 45.4 Å². The number of carboxylic acid groups (broad SMARTS) is 1. The first kappa shape index (κ1) is 14.9. The molecule has 0 spiro atoms. The number of para-hydroxylation sites is 1. The van der Waals surface area contributed by atoms with Crippen molar-refractivity contribution in [3.05, 3.63) is 29.3 Å². The Morgan fingerprint density at radius 3 is 2.65 bits per heavy atom. The Morgan fingerprint density at radius 2 is 2.05 bits per heavy atom. The minimum atomic E-state index is -1.19. The predicted octanol–water partition coefficient (Wildman–Crippen LogP) is 2.81. The van der Waals surface area contributed by atoms with Crippen LogP contribution in [0.5, 0.6) is 0 Å². The molecule has 0 saturated heterocycles. The molecule has 0 aromatic heterocycles. The fraction of sp³-hybridized carbons (Fsp3) is 0.588. The normalized spacial score (nSPS) is 26.7. The number of hydrogen-bond acceptors (Lipinski definition) is 3. The SMILES string of the molecule is CC1CCC(C(C)C)C(c2cccc(C(=O)[O-])c2N)C1. The van der Waals surface area contributed by atoms with Crippen molar-refractivity contribution in [3.8, 4) is 0 Å². The van der Waals surface area contributed by atoms with Crippen LogP contribution in [0, 0.1) is 17.8 Å². The fourth-order valence-electron chi connectivity index (χ4n) is 3.64. The van der Waals surface area contributed by atoms with Crippen LogP contribution in [0.4, 0.5) is 5.69 Å². The Hall–Kier alpha value is -1.51. The van der Waals surface area contributed by atoms with E-state index >= 15 is 0 Å². The minimum absolute atomic E-state index is 0.128. The number of aromatic carboxylic acids is 1. The number of rotatable bonds is 3. The number of anilines is 1. The summed E-state index contributed by atoms with van der Waals surface area (Å²) in [5.41, 5.74) is 7.63. The third-order valence-corrected chi connectivity index (χ3v) is 4.78. The lowest BCUT2D eigenvalue weighted by Gasteiger charge is -2.38. The standard InChI is InChI=1S/C17H25NO2/c1-10(2)12-8-7-11(3)9-15(12)13-5-4-6-14(16(13)18)17(19)20/h4-6,10-12,15H,7-9,18H2,1-3H3,(H,19,20)/p-1.